The SMILES string of the molecule is CC12C=CC(O1)C(C(F)(F)F)=C2C(F)(F)F. The van der Waals surface area contributed by atoms with E-state index in [1.165, 1.54) is 0 Å². The van der Waals surface area contributed by atoms with Crippen LogP contribution in [0.4, 0.5) is 26.3 Å². The van der Waals surface area contributed by atoms with Crippen LogP contribution in [-0.2, 0) is 4.74 Å². The van der Waals surface area contributed by atoms with Gasteiger partial charge < -0.3 is 4.74 Å². The Morgan fingerprint density at radius 1 is 1.12 bits per heavy atom. The molecule has 2 rings (SSSR count). The summed E-state index contributed by atoms with van der Waals surface area (Å²) < 4.78 is 79.9. The van der Waals surface area contributed by atoms with Crippen molar-refractivity contribution < 1.29 is 31.1 Å². The average molecular weight is 244 g/mol. The molecule has 7 heteroatoms. The van der Waals surface area contributed by atoms with Gasteiger partial charge in [0, 0.05) is 0 Å². The van der Waals surface area contributed by atoms with Crippen LogP contribution in [0.25, 0.3) is 0 Å². The minimum absolute atomic E-state index is 0.977. The lowest BCUT2D eigenvalue weighted by Gasteiger charge is -2.24. The first-order chi connectivity index (χ1) is 7.06. The summed E-state index contributed by atoms with van der Waals surface area (Å²) in [5.74, 6) is 0. The lowest BCUT2D eigenvalue weighted by Crippen LogP contribution is -2.33. The molecule has 1 nitrogen and oxygen atoms in total. The third-order valence-corrected chi connectivity index (χ3v) is 2.60. The standard InChI is InChI=1S/C9H6F6O/c1-7-3-2-4(16-7)5(8(10,11)12)6(7)9(13,14)15/h2-4H,1H3. The van der Waals surface area contributed by atoms with Crippen LogP contribution in [-0.4, -0.2) is 24.1 Å². The summed E-state index contributed by atoms with van der Waals surface area (Å²) in [6.07, 6.45) is -9.70. The third-order valence-electron chi connectivity index (χ3n) is 2.60. The molecule has 0 fully saturated rings. The molecule has 2 atom stereocenters. The predicted molar refractivity (Wildman–Crippen MR) is 41.6 cm³/mol. The van der Waals surface area contributed by atoms with Crippen molar-refractivity contribution in [3.63, 3.8) is 0 Å². The van der Waals surface area contributed by atoms with Crippen LogP contribution in [0.1, 0.15) is 6.92 Å². The van der Waals surface area contributed by atoms with E-state index in [-0.39, 0.29) is 0 Å². The van der Waals surface area contributed by atoms with Crippen LogP contribution < -0.4 is 0 Å². The highest BCUT2D eigenvalue weighted by molar-refractivity contribution is 5.48. The Bertz CT molecular complexity index is 388. The fourth-order valence-electron chi connectivity index (χ4n) is 2.06. The van der Waals surface area contributed by atoms with Crippen molar-refractivity contribution in [2.45, 2.75) is 31.0 Å². The maximum atomic E-state index is 12.6. The van der Waals surface area contributed by atoms with Crippen molar-refractivity contribution in [1.82, 2.24) is 0 Å². The van der Waals surface area contributed by atoms with Gasteiger partial charge in [-0.3, -0.25) is 0 Å². The van der Waals surface area contributed by atoms with Gasteiger partial charge in [-0.05, 0) is 13.0 Å². The van der Waals surface area contributed by atoms with Crippen LogP contribution in [0.2, 0.25) is 0 Å². The first kappa shape index (κ1) is 11.5. The Hall–Kier alpha value is -0.980. The monoisotopic (exact) mass is 244 g/mol. The molecule has 0 spiro atoms. The largest absolute Gasteiger partial charge is 0.416 e. The van der Waals surface area contributed by atoms with E-state index in [0.29, 0.717) is 0 Å². The van der Waals surface area contributed by atoms with Gasteiger partial charge in [-0.25, -0.2) is 0 Å². The highest BCUT2D eigenvalue weighted by Crippen LogP contribution is 2.53. The number of hydrogen-bond acceptors (Lipinski definition) is 1. The fourth-order valence-corrected chi connectivity index (χ4v) is 2.06. The second kappa shape index (κ2) is 2.82. The number of rotatable bonds is 0. The Morgan fingerprint density at radius 2 is 1.69 bits per heavy atom. The lowest BCUT2D eigenvalue weighted by atomic mass is 9.87. The van der Waals surface area contributed by atoms with E-state index < -0.39 is 35.2 Å². The van der Waals surface area contributed by atoms with E-state index in [0.717, 1.165) is 19.1 Å². The zero-order chi connectivity index (χ0) is 12.4. The van der Waals surface area contributed by atoms with Gasteiger partial charge in [0.15, 0.2) is 0 Å². The summed E-state index contributed by atoms with van der Waals surface area (Å²) in [4.78, 5) is 0. The maximum absolute atomic E-state index is 12.6. The number of fused-ring (bicyclic) bond motifs is 2. The van der Waals surface area contributed by atoms with Gasteiger partial charge in [-0.15, -0.1) is 0 Å². The molecule has 0 aliphatic carbocycles. The van der Waals surface area contributed by atoms with Crippen LogP contribution >= 0.6 is 0 Å². The van der Waals surface area contributed by atoms with E-state index >= 15 is 0 Å². The molecule has 16 heavy (non-hydrogen) atoms. The zero-order valence-corrected chi connectivity index (χ0v) is 7.91. The summed E-state index contributed by atoms with van der Waals surface area (Å²) in [7, 11) is 0. The van der Waals surface area contributed by atoms with E-state index in [2.05, 4.69) is 0 Å². The first-order valence-corrected chi connectivity index (χ1v) is 4.32. The molecule has 0 N–H and O–H groups in total. The number of halogens is 6. The van der Waals surface area contributed by atoms with Crippen molar-refractivity contribution >= 4 is 0 Å². The summed E-state index contributed by atoms with van der Waals surface area (Å²) in [5, 5.41) is 0. The summed E-state index contributed by atoms with van der Waals surface area (Å²) in [6, 6.07) is 0. The molecule has 0 aromatic heterocycles. The Kier molecular flexibility index (Phi) is 2.03. The van der Waals surface area contributed by atoms with Crippen molar-refractivity contribution in [2.24, 2.45) is 0 Å². The second-order valence-electron chi connectivity index (χ2n) is 3.79. The molecule has 90 valence electrons. The van der Waals surface area contributed by atoms with E-state index in [4.69, 9.17) is 4.74 Å². The topological polar surface area (TPSA) is 9.23 Å². The van der Waals surface area contributed by atoms with Crippen molar-refractivity contribution in [3.05, 3.63) is 23.3 Å². The molecular formula is C9H6F6O. The van der Waals surface area contributed by atoms with Crippen molar-refractivity contribution in [1.29, 1.82) is 0 Å². The Labute approximate surface area is 86.4 Å². The average Bonchev–Trinajstić information content (AvgIpc) is 2.52. The van der Waals surface area contributed by atoms with Crippen molar-refractivity contribution in [2.75, 3.05) is 0 Å². The summed E-state index contributed by atoms with van der Waals surface area (Å²) >= 11 is 0. The highest BCUT2D eigenvalue weighted by atomic mass is 19.4. The molecule has 0 saturated carbocycles. The molecular weight excluding hydrogens is 238 g/mol. The summed E-state index contributed by atoms with van der Waals surface area (Å²) in [6.45, 7) is 0.977. The molecule has 0 saturated heterocycles. The normalized spacial score (nSPS) is 34.1. The zero-order valence-electron chi connectivity index (χ0n) is 7.91. The van der Waals surface area contributed by atoms with E-state index in [1.54, 1.807) is 0 Å². The van der Waals surface area contributed by atoms with E-state index in [1.807, 2.05) is 0 Å². The molecule has 0 amide bonds. The molecule has 0 radical (unpaired) electrons. The fraction of sp³-hybridized carbons (Fsp3) is 0.556. The van der Waals surface area contributed by atoms with Crippen LogP contribution in [0.5, 0.6) is 0 Å². The number of alkyl halides is 6. The maximum Gasteiger partial charge on any atom is 0.416 e. The van der Waals surface area contributed by atoms with Gasteiger partial charge in [0.1, 0.15) is 11.7 Å². The quantitative estimate of drug-likeness (QED) is 0.470. The molecule has 2 unspecified atom stereocenters. The van der Waals surface area contributed by atoms with Gasteiger partial charge in [0.2, 0.25) is 0 Å². The summed E-state index contributed by atoms with van der Waals surface area (Å²) in [5.41, 5.74) is -5.28. The smallest absolute Gasteiger partial charge is 0.354 e. The highest BCUT2D eigenvalue weighted by Gasteiger charge is 2.61. The van der Waals surface area contributed by atoms with Gasteiger partial charge >= 0.3 is 12.4 Å². The molecule has 0 aromatic carbocycles. The molecule has 2 heterocycles. The third kappa shape index (κ3) is 1.45. The molecule has 0 aromatic rings. The van der Waals surface area contributed by atoms with Gasteiger partial charge in [-0.2, -0.15) is 26.3 Å². The Balaban J connectivity index is 2.61. The van der Waals surface area contributed by atoms with Gasteiger partial charge in [-0.1, -0.05) is 6.08 Å². The lowest BCUT2D eigenvalue weighted by molar-refractivity contribution is -0.118. The second-order valence-corrected chi connectivity index (χ2v) is 3.79. The number of ether oxygens (including phenoxy) is 1. The minimum Gasteiger partial charge on any atom is -0.354 e. The van der Waals surface area contributed by atoms with Gasteiger partial charge in [0.25, 0.3) is 0 Å². The van der Waals surface area contributed by atoms with Gasteiger partial charge in [0.05, 0.1) is 11.1 Å². The van der Waals surface area contributed by atoms with Crippen molar-refractivity contribution in [3.8, 4) is 0 Å². The number of hydrogen-bond donors (Lipinski definition) is 0. The van der Waals surface area contributed by atoms with Crippen LogP contribution in [0.15, 0.2) is 23.3 Å². The molecule has 2 aliphatic heterocycles. The van der Waals surface area contributed by atoms with Crippen LogP contribution in [0, 0.1) is 0 Å². The first-order valence-electron chi connectivity index (χ1n) is 4.32. The molecule has 2 aliphatic rings. The predicted octanol–water partition coefficient (Wildman–Crippen LogP) is 3.13. The Morgan fingerprint density at radius 3 is 2.06 bits per heavy atom. The van der Waals surface area contributed by atoms with E-state index in [9.17, 15) is 26.3 Å². The van der Waals surface area contributed by atoms with Crippen LogP contribution in [0.3, 0.4) is 0 Å². The molecule has 2 bridgehead atoms. The minimum atomic E-state index is -5.04.